The van der Waals surface area contributed by atoms with Crippen LogP contribution in [-0.4, -0.2) is 56.9 Å². The summed E-state index contributed by atoms with van der Waals surface area (Å²) in [6.45, 7) is 5.73. The van der Waals surface area contributed by atoms with Crippen LogP contribution in [0.2, 0.25) is 0 Å². The maximum atomic E-state index is 12.1. The zero-order valence-corrected chi connectivity index (χ0v) is 11.4. The molecule has 0 aromatic heterocycles. The molecule has 0 rings (SSSR count). The third-order valence-electron chi connectivity index (χ3n) is 2.62. The molecule has 0 fully saturated rings. The zero-order chi connectivity index (χ0) is 13.3. The Kier molecular flexibility index (Phi) is 9.03. The first-order chi connectivity index (χ1) is 8.04. The molecular weight excluding hydrogens is 220 g/mol. The summed E-state index contributed by atoms with van der Waals surface area (Å²) in [5, 5.41) is 0. The zero-order valence-electron chi connectivity index (χ0n) is 11.4. The summed E-state index contributed by atoms with van der Waals surface area (Å²) in [5.74, 6) is -0.00634. The highest BCUT2D eigenvalue weighted by atomic mass is 16.5. The van der Waals surface area contributed by atoms with Gasteiger partial charge in [-0.3, -0.25) is 4.79 Å². The number of methoxy groups -OCH3 is 2. The van der Waals surface area contributed by atoms with Crippen LogP contribution < -0.4 is 5.73 Å². The second-order valence-corrected chi connectivity index (χ2v) is 4.36. The van der Waals surface area contributed by atoms with Crippen molar-refractivity contribution in [3.63, 3.8) is 0 Å². The topological polar surface area (TPSA) is 64.8 Å². The minimum Gasteiger partial charge on any atom is -0.385 e. The van der Waals surface area contributed by atoms with Crippen molar-refractivity contribution in [2.45, 2.75) is 38.8 Å². The van der Waals surface area contributed by atoms with Gasteiger partial charge in [0.15, 0.2) is 0 Å². The molecule has 0 saturated heterocycles. The quantitative estimate of drug-likeness (QED) is 0.606. The van der Waals surface area contributed by atoms with Crippen LogP contribution in [0.5, 0.6) is 0 Å². The van der Waals surface area contributed by atoms with Gasteiger partial charge in [0.1, 0.15) is 0 Å². The van der Waals surface area contributed by atoms with Gasteiger partial charge in [0.25, 0.3) is 0 Å². The molecule has 0 aliphatic rings. The van der Waals surface area contributed by atoms with E-state index in [9.17, 15) is 4.79 Å². The van der Waals surface area contributed by atoms with Crippen LogP contribution in [0.4, 0.5) is 0 Å². The van der Waals surface area contributed by atoms with Crippen molar-refractivity contribution in [1.82, 2.24) is 4.90 Å². The van der Waals surface area contributed by atoms with E-state index in [0.717, 1.165) is 6.42 Å². The summed E-state index contributed by atoms with van der Waals surface area (Å²) in [6.07, 6.45) is 1.46. The van der Waals surface area contributed by atoms with Gasteiger partial charge in [-0.15, -0.1) is 0 Å². The van der Waals surface area contributed by atoms with Crippen LogP contribution >= 0.6 is 0 Å². The van der Waals surface area contributed by atoms with E-state index in [1.54, 1.807) is 19.1 Å². The lowest BCUT2D eigenvalue weighted by molar-refractivity contribution is -0.135. The first kappa shape index (κ1) is 16.4. The number of hydrogen-bond donors (Lipinski definition) is 1. The molecule has 0 bridgehead atoms. The molecule has 2 N–H and O–H groups in total. The van der Waals surface area contributed by atoms with Crippen molar-refractivity contribution in [3.05, 3.63) is 0 Å². The number of carbonyl (C=O) groups excluding carboxylic acids is 1. The highest BCUT2D eigenvalue weighted by Crippen LogP contribution is 2.05. The molecule has 0 saturated carbocycles. The summed E-state index contributed by atoms with van der Waals surface area (Å²) in [4.78, 5) is 13.9. The lowest BCUT2D eigenvalue weighted by atomic mass is 10.1. The fourth-order valence-electron chi connectivity index (χ4n) is 1.60. The summed E-state index contributed by atoms with van der Waals surface area (Å²) in [7, 11) is 3.27. The molecule has 1 unspecified atom stereocenters. The smallest absolute Gasteiger partial charge is 0.239 e. The molecule has 5 nitrogen and oxygen atoms in total. The van der Waals surface area contributed by atoms with E-state index in [0.29, 0.717) is 26.2 Å². The predicted molar refractivity (Wildman–Crippen MR) is 67.8 cm³/mol. The Morgan fingerprint density at radius 2 is 1.82 bits per heavy atom. The van der Waals surface area contributed by atoms with Crippen molar-refractivity contribution in [2.75, 3.05) is 34.0 Å². The van der Waals surface area contributed by atoms with Crippen molar-refractivity contribution in [1.29, 1.82) is 0 Å². The van der Waals surface area contributed by atoms with E-state index in [4.69, 9.17) is 15.2 Å². The molecule has 0 aliphatic heterocycles. The predicted octanol–water partition coefficient (Wildman–Crippen LogP) is 0.624. The molecule has 17 heavy (non-hydrogen) atoms. The highest BCUT2D eigenvalue weighted by Gasteiger charge is 2.22. The van der Waals surface area contributed by atoms with E-state index in [1.807, 2.05) is 13.8 Å². The molecular formula is C12H26N2O3. The van der Waals surface area contributed by atoms with E-state index >= 15 is 0 Å². The Labute approximate surface area is 104 Å². The van der Waals surface area contributed by atoms with Crippen molar-refractivity contribution >= 4 is 5.91 Å². The Bertz CT molecular complexity index is 210. The summed E-state index contributed by atoms with van der Waals surface area (Å²) >= 11 is 0. The Morgan fingerprint density at radius 3 is 2.29 bits per heavy atom. The molecule has 1 atom stereocenters. The van der Waals surface area contributed by atoms with Gasteiger partial charge in [0.2, 0.25) is 5.91 Å². The largest absolute Gasteiger partial charge is 0.385 e. The van der Waals surface area contributed by atoms with Gasteiger partial charge in [-0.25, -0.2) is 0 Å². The highest BCUT2D eigenvalue weighted by molar-refractivity contribution is 5.81. The van der Waals surface area contributed by atoms with E-state index in [2.05, 4.69) is 0 Å². The standard InChI is InChI=1S/C12H26N2O3/c1-10(2)14(7-9-17-4)12(15)11(13)6-5-8-16-3/h10-11H,5-9,13H2,1-4H3. The van der Waals surface area contributed by atoms with Crippen molar-refractivity contribution < 1.29 is 14.3 Å². The number of amides is 1. The molecule has 0 radical (unpaired) electrons. The minimum absolute atomic E-state index is 0.00634. The summed E-state index contributed by atoms with van der Waals surface area (Å²) in [6, 6.07) is -0.296. The number of carbonyl (C=O) groups is 1. The number of rotatable bonds is 9. The lowest BCUT2D eigenvalue weighted by Gasteiger charge is -2.29. The normalized spacial score (nSPS) is 12.8. The second kappa shape index (κ2) is 9.39. The third-order valence-corrected chi connectivity index (χ3v) is 2.62. The number of ether oxygens (including phenoxy) is 2. The van der Waals surface area contributed by atoms with Crippen molar-refractivity contribution in [3.8, 4) is 0 Å². The van der Waals surface area contributed by atoms with Crippen LogP contribution in [-0.2, 0) is 14.3 Å². The molecule has 0 heterocycles. The molecule has 0 aromatic carbocycles. The van der Waals surface area contributed by atoms with Gasteiger partial charge in [-0.05, 0) is 26.7 Å². The molecule has 0 aromatic rings. The van der Waals surface area contributed by atoms with Crippen LogP contribution in [0.15, 0.2) is 0 Å². The van der Waals surface area contributed by atoms with E-state index in [1.165, 1.54) is 0 Å². The molecule has 102 valence electrons. The van der Waals surface area contributed by atoms with Gasteiger partial charge in [0.05, 0.1) is 12.6 Å². The van der Waals surface area contributed by atoms with Crippen molar-refractivity contribution in [2.24, 2.45) is 5.73 Å². The van der Waals surface area contributed by atoms with Crippen LogP contribution in [0, 0.1) is 0 Å². The van der Waals surface area contributed by atoms with Gasteiger partial charge in [-0.2, -0.15) is 0 Å². The summed E-state index contributed by atoms with van der Waals surface area (Å²) in [5.41, 5.74) is 5.88. The fraction of sp³-hybridized carbons (Fsp3) is 0.917. The van der Waals surface area contributed by atoms with E-state index < -0.39 is 6.04 Å². The number of nitrogens with zero attached hydrogens (tertiary/aromatic N) is 1. The van der Waals surface area contributed by atoms with Gasteiger partial charge >= 0.3 is 0 Å². The molecule has 0 aliphatic carbocycles. The molecule has 5 heteroatoms. The maximum Gasteiger partial charge on any atom is 0.239 e. The minimum atomic E-state index is -0.440. The molecule has 0 spiro atoms. The summed E-state index contributed by atoms with van der Waals surface area (Å²) < 4.78 is 9.94. The number of nitrogens with two attached hydrogens (primary N) is 1. The Hall–Kier alpha value is -0.650. The average molecular weight is 246 g/mol. The first-order valence-electron chi connectivity index (χ1n) is 6.08. The molecule has 1 amide bonds. The SMILES string of the molecule is COCCCC(N)C(=O)N(CCOC)C(C)C. The Balaban J connectivity index is 4.19. The van der Waals surface area contributed by atoms with Crippen LogP contribution in [0.25, 0.3) is 0 Å². The van der Waals surface area contributed by atoms with Gasteiger partial charge in [-0.1, -0.05) is 0 Å². The Morgan fingerprint density at radius 1 is 1.24 bits per heavy atom. The van der Waals surface area contributed by atoms with Gasteiger partial charge < -0.3 is 20.1 Å². The third kappa shape index (κ3) is 6.61. The lowest BCUT2D eigenvalue weighted by Crippen LogP contribution is -2.48. The fourth-order valence-corrected chi connectivity index (χ4v) is 1.60. The second-order valence-electron chi connectivity index (χ2n) is 4.36. The monoisotopic (exact) mass is 246 g/mol. The maximum absolute atomic E-state index is 12.1. The van der Waals surface area contributed by atoms with Gasteiger partial charge in [0, 0.05) is 33.4 Å². The van der Waals surface area contributed by atoms with E-state index in [-0.39, 0.29) is 11.9 Å². The van der Waals surface area contributed by atoms with Crippen LogP contribution in [0.1, 0.15) is 26.7 Å². The van der Waals surface area contributed by atoms with Crippen LogP contribution in [0.3, 0.4) is 0 Å². The number of hydrogen-bond acceptors (Lipinski definition) is 4. The average Bonchev–Trinajstić information content (AvgIpc) is 2.29. The first-order valence-corrected chi connectivity index (χ1v) is 6.08.